The summed E-state index contributed by atoms with van der Waals surface area (Å²) in [4.78, 5) is 11.8. The Bertz CT molecular complexity index is 287. The zero-order valence-corrected chi connectivity index (χ0v) is 9.88. The maximum Gasteiger partial charge on any atom is 0.143 e. The summed E-state index contributed by atoms with van der Waals surface area (Å²) in [6.07, 6.45) is 6.76. The van der Waals surface area contributed by atoms with Gasteiger partial charge in [0.2, 0.25) is 0 Å². The highest BCUT2D eigenvalue weighted by Gasteiger charge is 2.24. The van der Waals surface area contributed by atoms with Gasteiger partial charge in [0.1, 0.15) is 5.78 Å². The third-order valence-electron chi connectivity index (χ3n) is 2.91. The highest BCUT2D eigenvalue weighted by molar-refractivity contribution is 5.86. The monoisotopic (exact) mass is 208 g/mol. The maximum absolute atomic E-state index is 11.8. The van der Waals surface area contributed by atoms with Gasteiger partial charge in [-0.2, -0.15) is 0 Å². The third-order valence-corrected chi connectivity index (χ3v) is 2.91. The van der Waals surface area contributed by atoms with E-state index in [1.165, 1.54) is 11.1 Å². The number of allylic oxidation sites excluding steroid dienone is 3. The molecule has 1 aliphatic rings. The summed E-state index contributed by atoms with van der Waals surface area (Å²) < 4.78 is 5.07. The minimum absolute atomic E-state index is 0.0268. The molecule has 0 aromatic rings. The Morgan fingerprint density at radius 3 is 2.87 bits per heavy atom. The molecule has 0 saturated heterocycles. The van der Waals surface area contributed by atoms with E-state index in [0.717, 1.165) is 12.8 Å². The molecule has 0 amide bonds. The van der Waals surface area contributed by atoms with Gasteiger partial charge < -0.3 is 4.74 Å². The first-order valence-corrected chi connectivity index (χ1v) is 5.58. The van der Waals surface area contributed by atoms with E-state index in [0.29, 0.717) is 18.8 Å². The molecule has 1 rings (SSSR count). The van der Waals surface area contributed by atoms with E-state index in [2.05, 4.69) is 19.1 Å². The molecule has 0 aromatic carbocycles. The lowest BCUT2D eigenvalue weighted by molar-refractivity contribution is -0.120. The van der Waals surface area contributed by atoms with Crippen LogP contribution in [0.4, 0.5) is 0 Å². The number of carbonyl (C=O) groups excluding carboxylic acids is 1. The lowest BCUT2D eigenvalue weighted by Gasteiger charge is -2.23. The van der Waals surface area contributed by atoms with E-state index in [4.69, 9.17) is 4.74 Å². The van der Waals surface area contributed by atoms with Crippen LogP contribution >= 0.6 is 0 Å². The number of ether oxygens (including phenoxy) is 1. The van der Waals surface area contributed by atoms with Gasteiger partial charge >= 0.3 is 0 Å². The van der Waals surface area contributed by atoms with Gasteiger partial charge in [-0.15, -0.1) is 0 Å². The van der Waals surface area contributed by atoms with Gasteiger partial charge in [-0.3, -0.25) is 4.79 Å². The second-order valence-corrected chi connectivity index (χ2v) is 3.96. The summed E-state index contributed by atoms with van der Waals surface area (Å²) in [6.45, 7) is 4.68. The van der Waals surface area contributed by atoms with Gasteiger partial charge in [-0.05, 0) is 19.8 Å². The number of ketones is 1. The summed E-state index contributed by atoms with van der Waals surface area (Å²) in [6, 6.07) is 0. The maximum atomic E-state index is 11.8. The molecule has 84 valence electrons. The average Bonchev–Trinajstić information content (AvgIpc) is 2.25. The number of methoxy groups -OCH3 is 1. The van der Waals surface area contributed by atoms with Crippen LogP contribution in [0.2, 0.25) is 0 Å². The van der Waals surface area contributed by atoms with Gasteiger partial charge in [0, 0.05) is 20.1 Å². The molecule has 1 unspecified atom stereocenters. The Morgan fingerprint density at radius 2 is 2.27 bits per heavy atom. The van der Waals surface area contributed by atoms with Crippen molar-refractivity contribution < 1.29 is 9.53 Å². The fourth-order valence-corrected chi connectivity index (χ4v) is 2.06. The molecular weight excluding hydrogens is 188 g/mol. The fraction of sp³-hybridized carbons (Fsp3) is 0.615. The van der Waals surface area contributed by atoms with Gasteiger partial charge in [-0.1, -0.05) is 30.2 Å². The Balaban J connectivity index is 2.75. The number of carbonyl (C=O) groups is 1. The molecule has 2 nitrogen and oxygen atoms in total. The number of hydrogen-bond acceptors (Lipinski definition) is 2. The summed E-state index contributed by atoms with van der Waals surface area (Å²) >= 11 is 0. The molecule has 0 aromatic heterocycles. The highest BCUT2D eigenvalue weighted by Crippen LogP contribution is 2.29. The predicted molar refractivity (Wildman–Crippen MR) is 61.7 cm³/mol. The van der Waals surface area contributed by atoms with Crippen molar-refractivity contribution in [3.05, 3.63) is 23.3 Å². The zero-order chi connectivity index (χ0) is 11.3. The van der Waals surface area contributed by atoms with E-state index in [9.17, 15) is 4.79 Å². The minimum Gasteiger partial charge on any atom is -0.384 e. The van der Waals surface area contributed by atoms with Crippen molar-refractivity contribution in [1.29, 1.82) is 0 Å². The average molecular weight is 208 g/mol. The SMILES string of the molecule is CCC(=O)C1C(C)=CCC=C1CCOC. The van der Waals surface area contributed by atoms with Crippen LogP contribution in [-0.4, -0.2) is 19.5 Å². The summed E-state index contributed by atoms with van der Waals surface area (Å²) in [7, 11) is 1.70. The van der Waals surface area contributed by atoms with Crippen LogP contribution in [0.1, 0.15) is 33.1 Å². The van der Waals surface area contributed by atoms with Crippen molar-refractivity contribution in [2.75, 3.05) is 13.7 Å². The van der Waals surface area contributed by atoms with Crippen LogP contribution in [0.15, 0.2) is 23.3 Å². The number of rotatable bonds is 5. The lowest BCUT2D eigenvalue weighted by atomic mass is 9.81. The van der Waals surface area contributed by atoms with Crippen molar-refractivity contribution in [3.8, 4) is 0 Å². The van der Waals surface area contributed by atoms with Crippen molar-refractivity contribution in [2.45, 2.75) is 33.1 Å². The first-order valence-electron chi connectivity index (χ1n) is 5.58. The van der Waals surface area contributed by atoms with Crippen molar-refractivity contribution in [2.24, 2.45) is 5.92 Å². The smallest absolute Gasteiger partial charge is 0.143 e. The Hall–Kier alpha value is -0.890. The lowest BCUT2D eigenvalue weighted by Crippen LogP contribution is -2.20. The largest absolute Gasteiger partial charge is 0.384 e. The topological polar surface area (TPSA) is 26.3 Å². The molecule has 2 heteroatoms. The molecular formula is C13H20O2. The van der Waals surface area contributed by atoms with Crippen LogP contribution in [0.25, 0.3) is 0 Å². The first kappa shape index (κ1) is 12.2. The van der Waals surface area contributed by atoms with Crippen molar-refractivity contribution in [1.82, 2.24) is 0 Å². The molecule has 0 fully saturated rings. The Labute approximate surface area is 92.0 Å². The first-order chi connectivity index (χ1) is 7.20. The number of Topliss-reactive ketones (excluding diaryl/α,β-unsaturated/α-hetero) is 1. The molecule has 0 aliphatic heterocycles. The minimum atomic E-state index is 0.0268. The van der Waals surface area contributed by atoms with Crippen LogP contribution < -0.4 is 0 Å². The molecule has 0 N–H and O–H groups in total. The predicted octanol–water partition coefficient (Wildman–Crippen LogP) is 2.89. The summed E-state index contributed by atoms with van der Waals surface area (Å²) in [5.41, 5.74) is 2.44. The molecule has 0 saturated carbocycles. The second-order valence-electron chi connectivity index (χ2n) is 3.96. The summed E-state index contributed by atoms with van der Waals surface area (Å²) in [5.74, 6) is 0.352. The molecule has 0 bridgehead atoms. The van der Waals surface area contributed by atoms with E-state index in [-0.39, 0.29) is 5.92 Å². The second kappa shape index (κ2) is 5.86. The molecule has 1 aliphatic carbocycles. The Morgan fingerprint density at radius 1 is 1.53 bits per heavy atom. The summed E-state index contributed by atoms with van der Waals surface area (Å²) in [5, 5.41) is 0. The van der Waals surface area contributed by atoms with E-state index < -0.39 is 0 Å². The van der Waals surface area contributed by atoms with Gasteiger partial charge in [0.05, 0.1) is 5.92 Å². The van der Waals surface area contributed by atoms with Crippen molar-refractivity contribution >= 4 is 5.78 Å². The zero-order valence-electron chi connectivity index (χ0n) is 9.88. The standard InChI is InChI=1S/C13H20O2/c1-4-12(14)13-10(2)6-5-7-11(13)8-9-15-3/h6-7,13H,4-5,8-9H2,1-3H3. The van der Waals surface area contributed by atoms with Gasteiger partial charge in [0.25, 0.3) is 0 Å². The molecule has 0 heterocycles. The quantitative estimate of drug-likeness (QED) is 0.649. The van der Waals surface area contributed by atoms with Crippen LogP contribution in [0.5, 0.6) is 0 Å². The van der Waals surface area contributed by atoms with E-state index >= 15 is 0 Å². The van der Waals surface area contributed by atoms with Gasteiger partial charge in [0.15, 0.2) is 0 Å². The normalized spacial score (nSPS) is 20.9. The molecule has 15 heavy (non-hydrogen) atoms. The van der Waals surface area contributed by atoms with Crippen LogP contribution in [-0.2, 0) is 9.53 Å². The fourth-order valence-electron chi connectivity index (χ4n) is 2.06. The van der Waals surface area contributed by atoms with Crippen LogP contribution in [0, 0.1) is 5.92 Å². The van der Waals surface area contributed by atoms with Crippen LogP contribution in [0.3, 0.4) is 0 Å². The molecule has 0 spiro atoms. The molecule has 0 radical (unpaired) electrons. The van der Waals surface area contributed by atoms with E-state index in [1.54, 1.807) is 7.11 Å². The third kappa shape index (κ3) is 3.03. The van der Waals surface area contributed by atoms with Crippen molar-refractivity contribution in [3.63, 3.8) is 0 Å². The highest BCUT2D eigenvalue weighted by atomic mass is 16.5. The van der Waals surface area contributed by atoms with Gasteiger partial charge in [-0.25, -0.2) is 0 Å². The number of hydrogen-bond donors (Lipinski definition) is 0. The molecule has 1 atom stereocenters. The Kier molecular flexibility index (Phi) is 4.76. The van der Waals surface area contributed by atoms with E-state index in [1.807, 2.05) is 6.92 Å².